The van der Waals surface area contributed by atoms with Crippen LogP contribution in [0.15, 0.2) is 48.5 Å². The Kier molecular flexibility index (Phi) is 7.24. The van der Waals surface area contributed by atoms with Gasteiger partial charge in [-0.1, -0.05) is 18.2 Å². The van der Waals surface area contributed by atoms with Gasteiger partial charge in [0, 0.05) is 18.8 Å². The van der Waals surface area contributed by atoms with E-state index in [-0.39, 0.29) is 5.78 Å². The molecule has 0 saturated heterocycles. The maximum Gasteiger partial charge on any atom is 0.189 e. The van der Waals surface area contributed by atoms with E-state index in [9.17, 15) is 4.79 Å². The van der Waals surface area contributed by atoms with Crippen LogP contribution >= 0.6 is 0 Å². The zero-order valence-electron chi connectivity index (χ0n) is 15.8. The lowest BCUT2D eigenvalue weighted by molar-refractivity contribution is 0.104. The number of benzene rings is 2. The van der Waals surface area contributed by atoms with Gasteiger partial charge in [0.05, 0.1) is 19.8 Å². The molecule has 0 aliphatic carbocycles. The average molecular weight is 354 g/mol. The number of carbonyl (C=O) groups is 1. The molecule has 5 heteroatoms. The molecule has 5 nitrogen and oxygen atoms in total. The van der Waals surface area contributed by atoms with Crippen LogP contribution in [-0.2, 0) is 0 Å². The highest BCUT2D eigenvalue weighted by Gasteiger charge is 2.11. The molecule has 0 heterocycles. The van der Waals surface area contributed by atoms with E-state index in [0.29, 0.717) is 17.1 Å². The quantitative estimate of drug-likeness (QED) is 0.551. The number of hydrogen-bond acceptors (Lipinski definition) is 5. The van der Waals surface area contributed by atoms with Crippen LogP contribution in [0.1, 0.15) is 15.9 Å². The Balaban J connectivity index is 2.10. The zero-order chi connectivity index (χ0) is 18.9. The van der Waals surface area contributed by atoms with Crippen LogP contribution < -0.4 is 14.8 Å². The van der Waals surface area contributed by atoms with Gasteiger partial charge >= 0.3 is 0 Å². The largest absolute Gasteiger partial charge is 0.497 e. The summed E-state index contributed by atoms with van der Waals surface area (Å²) in [4.78, 5) is 14.7. The summed E-state index contributed by atoms with van der Waals surface area (Å²) < 4.78 is 10.5. The molecule has 2 aromatic carbocycles. The molecule has 0 aliphatic heterocycles. The molecule has 0 fully saturated rings. The van der Waals surface area contributed by atoms with Crippen LogP contribution in [0, 0.1) is 0 Å². The van der Waals surface area contributed by atoms with Gasteiger partial charge in [0.1, 0.15) is 11.5 Å². The lowest BCUT2D eigenvalue weighted by Crippen LogP contribution is -2.20. The molecule has 26 heavy (non-hydrogen) atoms. The Bertz CT molecular complexity index is 770. The predicted molar refractivity (Wildman–Crippen MR) is 106 cm³/mol. The monoisotopic (exact) mass is 354 g/mol. The molecule has 0 amide bonds. The third-order valence-corrected chi connectivity index (χ3v) is 3.87. The van der Waals surface area contributed by atoms with Gasteiger partial charge < -0.3 is 19.7 Å². The minimum Gasteiger partial charge on any atom is -0.497 e. The van der Waals surface area contributed by atoms with E-state index in [1.165, 1.54) is 0 Å². The Labute approximate surface area is 155 Å². The van der Waals surface area contributed by atoms with Crippen LogP contribution in [0.2, 0.25) is 0 Å². The number of likely N-dealkylation sites (N-methyl/N-ethyl adjacent to an activating group) is 1. The lowest BCUT2D eigenvalue weighted by Gasteiger charge is -2.11. The topological polar surface area (TPSA) is 50.8 Å². The van der Waals surface area contributed by atoms with Gasteiger partial charge in [-0.05, 0) is 56.1 Å². The van der Waals surface area contributed by atoms with Crippen molar-refractivity contribution in [1.82, 2.24) is 4.90 Å². The highest BCUT2D eigenvalue weighted by molar-refractivity contribution is 6.08. The molecule has 0 aromatic heterocycles. The van der Waals surface area contributed by atoms with E-state index in [4.69, 9.17) is 9.47 Å². The number of ether oxygens (including phenoxy) is 2. The molecule has 0 radical (unpaired) electrons. The van der Waals surface area contributed by atoms with Gasteiger partial charge in [0.25, 0.3) is 0 Å². The number of hydrogen-bond donors (Lipinski definition) is 1. The lowest BCUT2D eigenvalue weighted by atomic mass is 10.1. The highest BCUT2D eigenvalue weighted by atomic mass is 16.5. The molecule has 0 saturated carbocycles. The van der Waals surface area contributed by atoms with Crippen molar-refractivity contribution < 1.29 is 14.3 Å². The minimum atomic E-state index is -0.133. The summed E-state index contributed by atoms with van der Waals surface area (Å²) in [6.45, 7) is 1.81. The summed E-state index contributed by atoms with van der Waals surface area (Å²) >= 11 is 0. The first-order valence-electron chi connectivity index (χ1n) is 8.46. The average Bonchev–Trinajstić information content (AvgIpc) is 2.65. The zero-order valence-corrected chi connectivity index (χ0v) is 15.8. The SMILES string of the molecule is COc1ccc(OC)c(C(=O)/C=C/c2cccc(NCCN(C)C)c2)c1. The summed E-state index contributed by atoms with van der Waals surface area (Å²) in [6.07, 6.45) is 3.36. The summed E-state index contributed by atoms with van der Waals surface area (Å²) in [5, 5.41) is 3.37. The summed E-state index contributed by atoms with van der Waals surface area (Å²) in [5.41, 5.74) is 2.46. The van der Waals surface area contributed by atoms with Crippen molar-refractivity contribution in [2.45, 2.75) is 0 Å². The Hall–Kier alpha value is -2.79. The molecule has 0 bridgehead atoms. The molecular formula is C21H26N2O3. The fourth-order valence-corrected chi connectivity index (χ4v) is 2.44. The Morgan fingerprint density at radius 1 is 1.12 bits per heavy atom. The molecule has 0 atom stereocenters. The van der Waals surface area contributed by atoms with Crippen molar-refractivity contribution >= 4 is 17.5 Å². The molecule has 1 N–H and O–H groups in total. The second-order valence-electron chi connectivity index (χ2n) is 6.12. The smallest absolute Gasteiger partial charge is 0.189 e. The fraction of sp³-hybridized carbons (Fsp3) is 0.286. The van der Waals surface area contributed by atoms with E-state index in [1.54, 1.807) is 44.6 Å². The van der Waals surface area contributed by atoms with Gasteiger partial charge in [0.2, 0.25) is 0 Å². The summed E-state index contributed by atoms with van der Waals surface area (Å²) in [6, 6.07) is 13.1. The molecule has 2 aromatic rings. The first-order chi connectivity index (χ1) is 12.5. The van der Waals surface area contributed by atoms with E-state index in [0.717, 1.165) is 24.3 Å². The van der Waals surface area contributed by atoms with Crippen molar-refractivity contribution in [2.75, 3.05) is 46.7 Å². The van der Waals surface area contributed by atoms with Crippen LogP contribution in [-0.4, -0.2) is 52.1 Å². The standard InChI is InChI=1S/C21H26N2O3/c1-23(2)13-12-22-17-7-5-6-16(14-17)8-10-20(24)19-15-18(25-3)9-11-21(19)26-4/h5-11,14-15,22H,12-13H2,1-4H3/b10-8+. The van der Waals surface area contributed by atoms with Crippen LogP contribution in [0.25, 0.3) is 6.08 Å². The normalized spacial score (nSPS) is 11.0. The van der Waals surface area contributed by atoms with Gasteiger partial charge in [0.15, 0.2) is 5.78 Å². The van der Waals surface area contributed by atoms with E-state index in [2.05, 4.69) is 10.2 Å². The first kappa shape index (κ1) is 19.5. The molecule has 0 unspecified atom stereocenters. The molecule has 2 rings (SSSR count). The first-order valence-corrected chi connectivity index (χ1v) is 8.46. The number of rotatable bonds is 9. The fourth-order valence-electron chi connectivity index (χ4n) is 2.44. The van der Waals surface area contributed by atoms with Crippen molar-refractivity contribution in [2.24, 2.45) is 0 Å². The Morgan fingerprint density at radius 2 is 1.92 bits per heavy atom. The van der Waals surface area contributed by atoms with Gasteiger partial charge in [-0.25, -0.2) is 0 Å². The number of carbonyl (C=O) groups excluding carboxylic acids is 1. The number of nitrogens with zero attached hydrogens (tertiary/aromatic N) is 1. The summed E-state index contributed by atoms with van der Waals surface area (Å²) in [7, 11) is 7.20. The van der Waals surface area contributed by atoms with Crippen molar-refractivity contribution in [3.05, 3.63) is 59.7 Å². The predicted octanol–water partition coefficient (Wildman–Crippen LogP) is 3.57. The molecule has 0 spiro atoms. The van der Waals surface area contributed by atoms with Gasteiger partial charge in [-0.15, -0.1) is 0 Å². The number of allylic oxidation sites excluding steroid dienone is 1. The third kappa shape index (κ3) is 5.63. The highest BCUT2D eigenvalue weighted by Crippen LogP contribution is 2.25. The second-order valence-corrected chi connectivity index (χ2v) is 6.12. The van der Waals surface area contributed by atoms with Crippen LogP contribution in [0.4, 0.5) is 5.69 Å². The Morgan fingerprint density at radius 3 is 2.62 bits per heavy atom. The second kappa shape index (κ2) is 9.63. The van der Waals surface area contributed by atoms with Crippen molar-refractivity contribution in [3.8, 4) is 11.5 Å². The molecular weight excluding hydrogens is 328 g/mol. The van der Waals surface area contributed by atoms with Crippen molar-refractivity contribution in [1.29, 1.82) is 0 Å². The van der Waals surface area contributed by atoms with E-state index >= 15 is 0 Å². The molecule has 0 aliphatic rings. The number of nitrogens with one attached hydrogen (secondary N) is 1. The van der Waals surface area contributed by atoms with Crippen LogP contribution in [0.3, 0.4) is 0 Å². The maximum atomic E-state index is 12.6. The van der Waals surface area contributed by atoms with E-state index < -0.39 is 0 Å². The molecule has 138 valence electrons. The van der Waals surface area contributed by atoms with Crippen LogP contribution in [0.5, 0.6) is 11.5 Å². The third-order valence-electron chi connectivity index (χ3n) is 3.87. The summed E-state index contributed by atoms with van der Waals surface area (Å²) in [5.74, 6) is 1.01. The minimum absolute atomic E-state index is 0.133. The van der Waals surface area contributed by atoms with Crippen molar-refractivity contribution in [3.63, 3.8) is 0 Å². The number of ketones is 1. The van der Waals surface area contributed by atoms with E-state index in [1.807, 2.05) is 38.4 Å². The van der Waals surface area contributed by atoms with Gasteiger partial charge in [-0.2, -0.15) is 0 Å². The number of methoxy groups -OCH3 is 2. The number of anilines is 1. The van der Waals surface area contributed by atoms with Gasteiger partial charge in [-0.3, -0.25) is 4.79 Å². The maximum absolute atomic E-state index is 12.6.